The van der Waals surface area contributed by atoms with Gasteiger partial charge in [-0.3, -0.25) is 4.79 Å². The van der Waals surface area contributed by atoms with Crippen LogP contribution >= 0.6 is 0 Å². The van der Waals surface area contributed by atoms with Crippen molar-refractivity contribution in [2.45, 2.75) is 36.8 Å². The van der Waals surface area contributed by atoms with Gasteiger partial charge in [-0.25, -0.2) is 4.79 Å². The largest absolute Gasteiger partial charge is 0.467 e. The first kappa shape index (κ1) is 23.3. The molecule has 0 spiro atoms. The topological polar surface area (TPSA) is 55.8 Å². The third kappa shape index (κ3) is 5.15. The zero-order chi connectivity index (χ0) is 24.2. The van der Waals surface area contributed by atoms with E-state index in [1.54, 1.807) is 4.90 Å². The number of amides is 1. The molecule has 2 aliphatic rings. The molecule has 1 heterocycles. The predicted molar refractivity (Wildman–Crippen MR) is 134 cm³/mol. The third-order valence-corrected chi connectivity index (χ3v) is 7.23. The van der Waals surface area contributed by atoms with E-state index in [-0.39, 0.29) is 12.0 Å². The first-order valence-electron chi connectivity index (χ1n) is 12.3. The van der Waals surface area contributed by atoms with Gasteiger partial charge < -0.3 is 14.4 Å². The number of hydrogen-bond donors (Lipinski definition) is 0. The molecule has 0 unspecified atom stereocenters. The summed E-state index contributed by atoms with van der Waals surface area (Å²) in [6.07, 6.45) is 1.38. The van der Waals surface area contributed by atoms with Crippen molar-refractivity contribution in [2.75, 3.05) is 20.3 Å². The summed E-state index contributed by atoms with van der Waals surface area (Å²) in [5, 5.41) is 0. The number of benzene rings is 3. The molecule has 1 aliphatic carbocycles. The number of esters is 1. The van der Waals surface area contributed by atoms with Crippen molar-refractivity contribution in [1.82, 2.24) is 4.90 Å². The molecule has 3 aromatic rings. The van der Waals surface area contributed by atoms with Gasteiger partial charge in [-0.1, -0.05) is 91.0 Å². The van der Waals surface area contributed by atoms with E-state index in [9.17, 15) is 9.59 Å². The Balaban J connectivity index is 1.31. The van der Waals surface area contributed by atoms with E-state index >= 15 is 0 Å². The summed E-state index contributed by atoms with van der Waals surface area (Å²) in [5.41, 5.74) is 3.16. The van der Waals surface area contributed by atoms with E-state index in [4.69, 9.17) is 9.47 Å². The van der Waals surface area contributed by atoms with Gasteiger partial charge in [0, 0.05) is 13.0 Å². The van der Waals surface area contributed by atoms with E-state index in [1.807, 2.05) is 66.7 Å². The molecule has 1 saturated carbocycles. The number of carbonyl (C=O) groups is 2. The third-order valence-electron chi connectivity index (χ3n) is 7.23. The lowest BCUT2D eigenvalue weighted by molar-refractivity contribution is -0.151. The average Bonchev–Trinajstić information content (AvgIpc) is 3.57. The molecule has 1 saturated heterocycles. The summed E-state index contributed by atoms with van der Waals surface area (Å²) in [6.45, 7) is 1.03. The molecule has 5 heteroatoms. The highest BCUT2D eigenvalue weighted by Gasteiger charge is 2.45. The fraction of sp³-hybridized carbons (Fsp3) is 0.333. The van der Waals surface area contributed by atoms with Crippen molar-refractivity contribution in [3.05, 3.63) is 108 Å². The smallest absolute Gasteiger partial charge is 0.328 e. The van der Waals surface area contributed by atoms with Crippen LogP contribution in [0.1, 0.15) is 41.4 Å². The van der Waals surface area contributed by atoms with Gasteiger partial charge in [0.2, 0.25) is 5.91 Å². The van der Waals surface area contributed by atoms with Crippen molar-refractivity contribution < 1.29 is 19.1 Å². The second kappa shape index (κ2) is 10.4. The van der Waals surface area contributed by atoms with Crippen LogP contribution in [0.3, 0.4) is 0 Å². The summed E-state index contributed by atoms with van der Waals surface area (Å²) in [5.74, 6) is 0.0389. The highest BCUT2D eigenvalue weighted by atomic mass is 16.5. The maximum atomic E-state index is 14.0. The number of nitrogens with zero attached hydrogens (tertiary/aromatic N) is 1. The van der Waals surface area contributed by atoms with Gasteiger partial charge in [-0.05, 0) is 34.9 Å². The zero-order valence-corrected chi connectivity index (χ0v) is 20.0. The number of carbonyl (C=O) groups excluding carboxylic acids is 2. The lowest BCUT2D eigenvalue weighted by atomic mass is 9.90. The molecule has 35 heavy (non-hydrogen) atoms. The van der Waals surface area contributed by atoms with E-state index in [2.05, 4.69) is 24.3 Å². The van der Waals surface area contributed by atoms with E-state index in [0.717, 1.165) is 17.5 Å². The van der Waals surface area contributed by atoms with Crippen LogP contribution in [-0.2, 0) is 19.1 Å². The standard InChI is InChI=1S/C30H31NO4/c1-34-30(33)27-18-25(35-20-24-17-26(24)21-11-5-2-6-12-21)19-31(27)29(32)28(22-13-7-3-8-14-22)23-15-9-4-10-16-23/h2-16,24-28H,17-20H2,1H3/t24-,25+,26-,27+/m1/s1. The molecule has 3 aromatic carbocycles. The fourth-order valence-electron chi connectivity index (χ4n) is 5.26. The Hall–Kier alpha value is -3.44. The van der Waals surface area contributed by atoms with Crippen LogP contribution in [0.4, 0.5) is 0 Å². The van der Waals surface area contributed by atoms with E-state index < -0.39 is 17.9 Å². The van der Waals surface area contributed by atoms with Gasteiger partial charge in [0.15, 0.2) is 0 Å². The Bertz CT molecular complexity index is 1100. The van der Waals surface area contributed by atoms with Gasteiger partial charge in [-0.15, -0.1) is 0 Å². The van der Waals surface area contributed by atoms with Gasteiger partial charge in [0.05, 0.1) is 25.7 Å². The number of hydrogen-bond acceptors (Lipinski definition) is 4. The quantitative estimate of drug-likeness (QED) is 0.446. The second-order valence-electron chi connectivity index (χ2n) is 9.49. The predicted octanol–water partition coefficient (Wildman–Crippen LogP) is 4.78. The van der Waals surface area contributed by atoms with Crippen LogP contribution in [0.2, 0.25) is 0 Å². The monoisotopic (exact) mass is 469 g/mol. The van der Waals surface area contributed by atoms with E-state index in [1.165, 1.54) is 12.7 Å². The molecule has 0 radical (unpaired) electrons. The molecule has 1 amide bonds. The number of rotatable bonds is 8. The fourth-order valence-corrected chi connectivity index (χ4v) is 5.26. The maximum Gasteiger partial charge on any atom is 0.328 e. The van der Waals surface area contributed by atoms with Crippen molar-refractivity contribution in [1.29, 1.82) is 0 Å². The number of methoxy groups -OCH3 is 1. The molecule has 5 nitrogen and oxygen atoms in total. The van der Waals surface area contributed by atoms with E-state index in [0.29, 0.717) is 31.4 Å². The Kier molecular flexibility index (Phi) is 6.96. The zero-order valence-electron chi connectivity index (χ0n) is 20.0. The Morgan fingerprint density at radius 1 is 0.857 bits per heavy atom. The SMILES string of the molecule is COC(=O)[C@@H]1C[C@H](OC[C@H]2C[C@@H]2c2ccccc2)CN1C(=O)C(c1ccccc1)c1ccccc1. The summed E-state index contributed by atoms with van der Waals surface area (Å²) >= 11 is 0. The first-order valence-corrected chi connectivity index (χ1v) is 12.3. The molecule has 5 rings (SSSR count). The summed E-state index contributed by atoms with van der Waals surface area (Å²) in [6, 6.07) is 29.3. The van der Waals surface area contributed by atoms with Crippen LogP contribution < -0.4 is 0 Å². The minimum atomic E-state index is -0.642. The Morgan fingerprint density at radius 3 is 2.00 bits per heavy atom. The molecule has 2 fully saturated rings. The molecule has 0 N–H and O–H groups in total. The van der Waals surface area contributed by atoms with Gasteiger partial charge in [0.25, 0.3) is 0 Å². The van der Waals surface area contributed by atoms with Crippen molar-refractivity contribution in [3.63, 3.8) is 0 Å². The summed E-state index contributed by atoms with van der Waals surface area (Å²) in [4.78, 5) is 28.3. The highest BCUT2D eigenvalue weighted by molar-refractivity contribution is 5.91. The molecule has 180 valence electrons. The van der Waals surface area contributed by atoms with Gasteiger partial charge in [-0.2, -0.15) is 0 Å². The minimum absolute atomic E-state index is 0.0996. The van der Waals surface area contributed by atoms with Crippen molar-refractivity contribution in [3.8, 4) is 0 Å². The Morgan fingerprint density at radius 2 is 1.43 bits per heavy atom. The molecule has 4 atom stereocenters. The van der Waals surface area contributed by atoms with Gasteiger partial charge in [0.1, 0.15) is 6.04 Å². The minimum Gasteiger partial charge on any atom is -0.467 e. The molecule has 0 bridgehead atoms. The lowest BCUT2D eigenvalue weighted by Crippen LogP contribution is -2.43. The van der Waals surface area contributed by atoms with Crippen LogP contribution in [0.5, 0.6) is 0 Å². The maximum absolute atomic E-state index is 14.0. The normalized spacial score (nSPS) is 23.3. The van der Waals surface area contributed by atoms with Crippen molar-refractivity contribution >= 4 is 11.9 Å². The molecular weight excluding hydrogens is 438 g/mol. The van der Waals surface area contributed by atoms with Crippen LogP contribution in [0, 0.1) is 5.92 Å². The average molecular weight is 470 g/mol. The number of likely N-dealkylation sites (tertiary alicyclic amines) is 1. The highest BCUT2D eigenvalue weighted by Crippen LogP contribution is 2.47. The molecule has 1 aliphatic heterocycles. The van der Waals surface area contributed by atoms with Crippen LogP contribution in [0.15, 0.2) is 91.0 Å². The summed E-state index contributed by atoms with van der Waals surface area (Å²) in [7, 11) is 1.37. The summed E-state index contributed by atoms with van der Waals surface area (Å²) < 4.78 is 11.4. The number of ether oxygens (including phenoxy) is 2. The van der Waals surface area contributed by atoms with Gasteiger partial charge >= 0.3 is 5.97 Å². The lowest BCUT2D eigenvalue weighted by Gasteiger charge is -2.28. The van der Waals surface area contributed by atoms with Crippen molar-refractivity contribution in [2.24, 2.45) is 5.92 Å². The molecular formula is C30H31NO4. The van der Waals surface area contributed by atoms with Crippen LogP contribution in [-0.4, -0.2) is 49.2 Å². The Labute approximate surface area is 206 Å². The first-order chi connectivity index (χ1) is 17.2. The molecule has 0 aromatic heterocycles. The van der Waals surface area contributed by atoms with Crippen LogP contribution in [0.25, 0.3) is 0 Å². The second-order valence-corrected chi connectivity index (χ2v) is 9.49.